The number of hydrogen-bond donors (Lipinski definition) is 0. The van der Waals surface area contributed by atoms with E-state index in [4.69, 9.17) is 10.00 Å². The van der Waals surface area contributed by atoms with E-state index in [2.05, 4.69) is 0 Å². The van der Waals surface area contributed by atoms with E-state index in [9.17, 15) is 13.6 Å². The number of carbonyl (C=O) groups excluding carboxylic acids is 1. The Balaban J connectivity index is 2.26. The predicted molar refractivity (Wildman–Crippen MR) is 67.2 cm³/mol. The van der Waals surface area contributed by atoms with Crippen LogP contribution in [0.2, 0.25) is 0 Å². The fourth-order valence-electron chi connectivity index (χ4n) is 1.68. The molecule has 0 bridgehead atoms. The molecule has 0 aliphatic carbocycles. The largest absolute Gasteiger partial charge is 0.485 e. The zero-order valence-corrected chi connectivity index (χ0v) is 10.3. The minimum Gasteiger partial charge on any atom is -0.485 e. The van der Waals surface area contributed by atoms with E-state index in [-0.39, 0.29) is 29.0 Å². The third-order valence-electron chi connectivity index (χ3n) is 2.67. The lowest BCUT2D eigenvalue weighted by atomic mass is 10.1. The number of para-hydroxylation sites is 1. The van der Waals surface area contributed by atoms with Crippen LogP contribution in [0.4, 0.5) is 8.78 Å². The topological polar surface area (TPSA) is 50.1 Å². The molecule has 0 aliphatic heterocycles. The van der Waals surface area contributed by atoms with Crippen molar-refractivity contribution in [2.24, 2.45) is 0 Å². The summed E-state index contributed by atoms with van der Waals surface area (Å²) in [7, 11) is 0. The number of halogens is 2. The van der Waals surface area contributed by atoms with Crippen molar-refractivity contribution in [2.45, 2.75) is 6.61 Å². The van der Waals surface area contributed by atoms with E-state index >= 15 is 0 Å². The summed E-state index contributed by atoms with van der Waals surface area (Å²) in [6.45, 7) is -0.275. The summed E-state index contributed by atoms with van der Waals surface area (Å²) in [6.07, 6.45) is 0.459. The van der Waals surface area contributed by atoms with Crippen LogP contribution in [0.1, 0.15) is 21.5 Å². The van der Waals surface area contributed by atoms with Gasteiger partial charge in [0.25, 0.3) is 0 Å². The van der Waals surface area contributed by atoms with Gasteiger partial charge in [-0.3, -0.25) is 4.79 Å². The molecule has 0 radical (unpaired) electrons. The van der Waals surface area contributed by atoms with Gasteiger partial charge in [-0.2, -0.15) is 5.26 Å². The summed E-state index contributed by atoms with van der Waals surface area (Å²) in [4.78, 5) is 10.8. The van der Waals surface area contributed by atoms with Crippen molar-refractivity contribution in [1.82, 2.24) is 0 Å². The predicted octanol–water partition coefficient (Wildman–Crippen LogP) is 3.23. The van der Waals surface area contributed by atoms with Gasteiger partial charge in [0, 0.05) is 5.56 Å². The highest BCUT2D eigenvalue weighted by molar-refractivity contribution is 5.79. The monoisotopic (exact) mass is 273 g/mol. The van der Waals surface area contributed by atoms with Gasteiger partial charge < -0.3 is 4.74 Å². The maximum Gasteiger partial charge on any atom is 0.165 e. The molecule has 5 heteroatoms. The summed E-state index contributed by atoms with van der Waals surface area (Å²) in [5, 5.41) is 8.74. The molecule has 0 atom stereocenters. The molecule has 2 aromatic rings. The SMILES string of the molecule is N#Cc1ccc(F)c(COc2c(F)cccc2C=O)c1. The second-order valence-corrected chi connectivity index (χ2v) is 3.98. The van der Waals surface area contributed by atoms with Gasteiger partial charge in [-0.25, -0.2) is 8.78 Å². The minimum absolute atomic E-state index is 0.0434. The van der Waals surface area contributed by atoms with Gasteiger partial charge in [-0.05, 0) is 30.3 Å². The normalized spacial score (nSPS) is 9.85. The van der Waals surface area contributed by atoms with Crippen molar-refractivity contribution >= 4 is 6.29 Å². The smallest absolute Gasteiger partial charge is 0.165 e. The highest BCUT2D eigenvalue weighted by Gasteiger charge is 2.11. The standard InChI is InChI=1S/C15H9F2NO2/c16-13-5-4-10(7-18)6-12(13)9-20-15-11(8-19)2-1-3-14(15)17/h1-6,8H,9H2. The maximum atomic E-state index is 13.6. The highest BCUT2D eigenvalue weighted by atomic mass is 19.1. The Bertz CT molecular complexity index is 693. The quantitative estimate of drug-likeness (QED) is 0.803. The van der Waals surface area contributed by atoms with Crippen molar-refractivity contribution in [3.8, 4) is 11.8 Å². The molecule has 0 saturated heterocycles. The summed E-state index contributed by atoms with van der Waals surface area (Å²) in [5.41, 5.74) is 0.431. The molecular weight excluding hydrogens is 264 g/mol. The second-order valence-electron chi connectivity index (χ2n) is 3.98. The van der Waals surface area contributed by atoms with Crippen LogP contribution in [0.3, 0.4) is 0 Å². The summed E-state index contributed by atoms with van der Waals surface area (Å²) >= 11 is 0. The molecule has 20 heavy (non-hydrogen) atoms. The fourth-order valence-corrected chi connectivity index (χ4v) is 1.68. The Kier molecular flexibility index (Phi) is 4.06. The minimum atomic E-state index is -0.702. The van der Waals surface area contributed by atoms with Crippen LogP contribution >= 0.6 is 0 Å². The molecule has 0 aromatic heterocycles. The number of nitriles is 1. The van der Waals surface area contributed by atoms with E-state index in [0.717, 1.165) is 12.1 Å². The van der Waals surface area contributed by atoms with Crippen LogP contribution < -0.4 is 4.74 Å². The molecule has 3 nitrogen and oxygen atoms in total. The molecule has 0 unspecified atom stereocenters. The number of hydrogen-bond acceptors (Lipinski definition) is 3. The van der Waals surface area contributed by atoms with Gasteiger partial charge in [-0.15, -0.1) is 0 Å². The summed E-state index contributed by atoms with van der Waals surface area (Å²) in [5.74, 6) is -1.50. The third kappa shape index (κ3) is 2.81. The number of aldehydes is 1. The molecule has 0 aliphatic rings. The average molecular weight is 273 g/mol. The zero-order valence-electron chi connectivity index (χ0n) is 10.3. The number of benzene rings is 2. The molecule has 0 saturated carbocycles. The van der Waals surface area contributed by atoms with Gasteiger partial charge in [0.05, 0.1) is 17.2 Å². The van der Waals surface area contributed by atoms with Crippen LogP contribution in [0.5, 0.6) is 5.75 Å². The fraction of sp³-hybridized carbons (Fsp3) is 0.0667. The van der Waals surface area contributed by atoms with E-state index in [1.54, 1.807) is 0 Å². The molecule has 0 amide bonds. The lowest BCUT2D eigenvalue weighted by Crippen LogP contribution is -2.03. The van der Waals surface area contributed by atoms with Crippen LogP contribution in [0, 0.1) is 23.0 Å². The Morgan fingerprint density at radius 1 is 1.20 bits per heavy atom. The van der Waals surface area contributed by atoms with Crippen molar-refractivity contribution < 1.29 is 18.3 Å². The zero-order chi connectivity index (χ0) is 14.5. The number of ether oxygens (including phenoxy) is 1. The van der Waals surface area contributed by atoms with E-state index < -0.39 is 11.6 Å². The van der Waals surface area contributed by atoms with Crippen LogP contribution in [-0.4, -0.2) is 6.29 Å². The molecule has 0 N–H and O–H groups in total. The number of rotatable bonds is 4. The Morgan fingerprint density at radius 2 is 2.00 bits per heavy atom. The highest BCUT2D eigenvalue weighted by Crippen LogP contribution is 2.23. The molecule has 0 heterocycles. The lowest BCUT2D eigenvalue weighted by Gasteiger charge is -2.10. The van der Waals surface area contributed by atoms with Crippen molar-refractivity contribution in [1.29, 1.82) is 5.26 Å². The Labute approximate surface area is 114 Å². The van der Waals surface area contributed by atoms with E-state index in [0.29, 0.717) is 6.29 Å². The number of nitrogens with zero attached hydrogens (tertiary/aromatic N) is 1. The Morgan fingerprint density at radius 3 is 2.70 bits per heavy atom. The van der Waals surface area contributed by atoms with Crippen molar-refractivity contribution in [2.75, 3.05) is 0 Å². The van der Waals surface area contributed by atoms with Gasteiger partial charge in [0.15, 0.2) is 17.9 Å². The lowest BCUT2D eigenvalue weighted by molar-refractivity contribution is 0.111. The van der Waals surface area contributed by atoms with Gasteiger partial charge in [-0.1, -0.05) is 6.07 Å². The van der Waals surface area contributed by atoms with Gasteiger partial charge >= 0.3 is 0 Å². The molecule has 2 aromatic carbocycles. The van der Waals surface area contributed by atoms with Crippen LogP contribution in [0.15, 0.2) is 36.4 Å². The third-order valence-corrected chi connectivity index (χ3v) is 2.67. The van der Waals surface area contributed by atoms with Crippen LogP contribution in [0.25, 0.3) is 0 Å². The average Bonchev–Trinajstić information content (AvgIpc) is 2.47. The maximum absolute atomic E-state index is 13.6. The summed E-state index contributed by atoms with van der Waals surface area (Å²) in [6, 6.07) is 9.58. The van der Waals surface area contributed by atoms with Gasteiger partial charge in [0.1, 0.15) is 12.4 Å². The summed E-state index contributed by atoms with van der Waals surface area (Å²) < 4.78 is 32.3. The molecule has 0 spiro atoms. The second kappa shape index (κ2) is 5.93. The van der Waals surface area contributed by atoms with E-state index in [1.807, 2.05) is 6.07 Å². The first-order chi connectivity index (χ1) is 9.65. The first-order valence-electron chi connectivity index (χ1n) is 5.70. The molecule has 2 rings (SSSR count). The first-order valence-corrected chi connectivity index (χ1v) is 5.70. The van der Waals surface area contributed by atoms with Crippen molar-refractivity contribution in [3.05, 3.63) is 64.7 Å². The number of carbonyl (C=O) groups is 1. The first kappa shape index (κ1) is 13.7. The van der Waals surface area contributed by atoms with Crippen molar-refractivity contribution in [3.63, 3.8) is 0 Å². The van der Waals surface area contributed by atoms with E-state index in [1.165, 1.54) is 24.3 Å². The van der Waals surface area contributed by atoms with Gasteiger partial charge in [0.2, 0.25) is 0 Å². The molecular formula is C15H9F2NO2. The Hall–Kier alpha value is -2.74. The van der Waals surface area contributed by atoms with Crippen LogP contribution in [-0.2, 0) is 6.61 Å². The molecule has 0 fully saturated rings. The molecule has 100 valence electrons.